The van der Waals surface area contributed by atoms with Crippen molar-refractivity contribution < 1.29 is 4.74 Å². The second-order valence-corrected chi connectivity index (χ2v) is 3.75. The Hall–Kier alpha value is -0.120. The van der Waals surface area contributed by atoms with Crippen molar-refractivity contribution in [2.24, 2.45) is 0 Å². The van der Waals surface area contributed by atoms with E-state index >= 15 is 0 Å². The molecular formula is C10H24N2O. The van der Waals surface area contributed by atoms with Gasteiger partial charge in [-0.2, -0.15) is 0 Å². The topological polar surface area (TPSA) is 24.5 Å². The lowest BCUT2D eigenvalue weighted by Crippen LogP contribution is -2.37. The highest BCUT2D eigenvalue weighted by atomic mass is 16.5. The van der Waals surface area contributed by atoms with Crippen molar-refractivity contribution >= 4 is 0 Å². The van der Waals surface area contributed by atoms with E-state index in [2.05, 4.69) is 31.1 Å². The molecule has 0 aliphatic rings. The summed E-state index contributed by atoms with van der Waals surface area (Å²) in [5, 5.41) is 3.25. The normalized spacial score (nSPS) is 16.2. The van der Waals surface area contributed by atoms with Crippen LogP contribution in [0.2, 0.25) is 0 Å². The zero-order valence-electron chi connectivity index (χ0n) is 9.63. The Morgan fingerprint density at radius 1 is 1.38 bits per heavy atom. The molecule has 2 unspecified atom stereocenters. The molecule has 0 aromatic carbocycles. The SMILES string of the molecule is CNC(C)CC(C)N(C)CCOC. The molecule has 0 spiro atoms. The van der Waals surface area contributed by atoms with Gasteiger partial charge in [-0.05, 0) is 34.4 Å². The summed E-state index contributed by atoms with van der Waals surface area (Å²) in [6.07, 6.45) is 1.18. The molecule has 0 aromatic heterocycles. The smallest absolute Gasteiger partial charge is 0.0589 e. The van der Waals surface area contributed by atoms with Gasteiger partial charge < -0.3 is 15.0 Å². The van der Waals surface area contributed by atoms with E-state index < -0.39 is 0 Å². The fraction of sp³-hybridized carbons (Fsp3) is 1.00. The van der Waals surface area contributed by atoms with Gasteiger partial charge in [0.2, 0.25) is 0 Å². The Kier molecular flexibility index (Phi) is 7.23. The second kappa shape index (κ2) is 7.30. The quantitative estimate of drug-likeness (QED) is 0.644. The molecule has 3 heteroatoms. The Balaban J connectivity index is 3.61. The summed E-state index contributed by atoms with van der Waals surface area (Å²) in [5.41, 5.74) is 0. The van der Waals surface area contributed by atoms with Crippen molar-refractivity contribution in [2.75, 3.05) is 34.4 Å². The zero-order valence-corrected chi connectivity index (χ0v) is 9.63. The molecule has 2 atom stereocenters. The second-order valence-electron chi connectivity index (χ2n) is 3.75. The summed E-state index contributed by atoms with van der Waals surface area (Å²) in [5.74, 6) is 0. The van der Waals surface area contributed by atoms with Crippen LogP contribution >= 0.6 is 0 Å². The minimum atomic E-state index is 0.583. The lowest BCUT2D eigenvalue weighted by Gasteiger charge is -2.26. The summed E-state index contributed by atoms with van der Waals surface area (Å²) in [6.45, 7) is 6.28. The number of hydrogen-bond acceptors (Lipinski definition) is 3. The van der Waals surface area contributed by atoms with Gasteiger partial charge in [-0.3, -0.25) is 0 Å². The Morgan fingerprint density at radius 2 is 2.00 bits per heavy atom. The van der Waals surface area contributed by atoms with Crippen LogP contribution in [0, 0.1) is 0 Å². The van der Waals surface area contributed by atoms with Crippen LogP contribution in [0.5, 0.6) is 0 Å². The van der Waals surface area contributed by atoms with Crippen molar-refractivity contribution in [1.29, 1.82) is 0 Å². The average Bonchev–Trinajstić information content (AvgIpc) is 2.13. The molecule has 1 N–H and O–H groups in total. The van der Waals surface area contributed by atoms with Crippen molar-refractivity contribution in [1.82, 2.24) is 10.2 Å². The number of ether oxygens (including phenoxy) is 1. The van der Waals surface area contributed by atoms with Gasteiger partial charge in [0.15, 0.2) is 0 Å². The van der Waals surface area contributed by atoms with Crippen LogP contribution in [0.15, 0.2) is 0 Å². The van der Waals surface area contributed by atoms with Gasteiger partial charge >= 0.3 is 0 Å². The first-order valence-electron chi connectivity index (χ1n) is 4.98. The summed E-state index contributed by atoms with van der Waals surface area (Å²) in [6, 6.07) is 1.19. The van der Waals surface area contributed by atoms with E-state index in [1.807, 2.05) is 7.05 Å². The van der Waals surface area contributed by atoms with E-state index in [1.54, 1.807) is 7.11 Å². The maximum Gasteiger partial charge on any atom is 0.0589 e. The third-order valence-corrected chi connectivity index (χ3v) is 2.59. The molecule has 0 amide bonds. The molecule has 0 aromatic rings. The monoisotopic (exact) mass is 188 g/mol. The number of likely N-dealkylation sites (N-methyl/N-ethyl adjacent to an activating group) is 1. The van der Waals surface area contributed by atoms with Crippen LogP contribution in [0.1, 0.15) is 20.3 Å². The van der Waals surface area contributed by atoms with Crippen LogP contribution in [0.4, 0.5) is 0 Å². The molecule has 0 rings (SSSR count). The van der Waals surface area contributed by atoms with Gasteiger partial charge in [0, 0.05) is 25.7 Å². The van der Waals surface area contributed by atoms with E-state index in [9.17, 15) is 0 Å². The molecule has 0 bridgehead atoms. The number of methoxy groups -OCH3 is 1. The molecule has 0 aliphatic carbocycles. The highest BCUT2D eigenvalue weighted by Crippen LogP contribution is 2.03. The number of nitrogens with zero attached hydrogens (tertiary/aromatic N) is 1. The molecule has 3 nitrogen and oxygen atoms in total. The Morgan fingerprint density at radius 3 is 2.46 bits per heavy atom. The first-order valence-corrected chi connectivity index (χ1v) is 4.98. The molecule has 0 saturated heterocycles. The van der Waals surface area contributed by atoms with Gasteiger partial charge in [0.1, 0.15) is 0 Å². The van der Waals surface area contributed by atoms with Crippen molar-refractivity contribution in [3.05, 3.63) is 0 Å². The largest absolute Gasteiger partial charge is 0.383 e. The average molecular weight is 188 g/mol. The number of hydrogen-bond donors (Lipinski definition) is 1. The summed E-state index contributed by atoms with van der Waals surface area (Å²) < 4.78 is 5.04. The third kappa shape index (κ3) is 6.02. The fourth-order valence-electron chi connectivity index (χ4n) is 1.27. The van der Waals surface area contributed by atoms with E-state index in [4.69, 9.17) is 4.74 Å². The molecule has 0 saturated carbocycles. The zero-order chi connectivity index (χ0) is 10.3. The van der Waals surface area contributed by atoms with Crippen molar-refractivity contribution in [3.63, 3.8) is 0 Å². The molecule has 0 radical (unpaired) electrons. The molecule has 0 heterocycles. The molecule has 80 valence electrons. The molecule has 0 fully saturated rings. The van der Waals surface area contributed by atoms with E-state index in [1.165, 1.54) is 6.42 Å². The van der Waals surface area contributed by atoms with Gasteiger partial charge in [0.25, 0.3) is 0 Å². The molecule has 13 heavy (non-hydrogen) atoms. The number of rotatable bonds is 7. The first kappa shape index (κ1) is 12.9. The minimum absolute atomic E-state index is 0.583. The standard InChI is InChI=1S/C10H24N2O/c1-9(11-3)8-10(2)12(4)6-7-13-5/h9-11H,6-8H2,1-5H3. The van der Waals surface area contributed by atoms with E-state index in [-0.39, 0.29) is 0 Å². The minimum Gasteiger partial charge on any atom is -0.383 e. The summed E-state index contributed by atoms with van der Waals surface area (Å²) in [7, 11) is 5.90. The lowest BCUT2D eigenvalue weighted by atomic mass is 10.1. The van der Waals surface area contributed by atoms with Crippen molar-refractivity contribution in [3.8, 4) is 0 Å². The third-order valence-electron chi connectivity index (χ3n) is 2.59. The van der Waals surface area contributed by atoms with Gasteiger partial charge in [0.05, 0.1) is 6.61 Å². The fourth-order valence-corrected chi connectivity index (χ4v) is 1.27. The van der Waals surface area contributed by atoms with Crippen LogP contribution < -0.4 is 5.32 Å². The summed E-state index contributed by atoms with van der Waals surface area (Å²) >= 11 is 0. The van der Waals surface area contributed by atoms with Crippen LogP contribution in [-0.4, -0.2) is 51.3 Å². The van der Waals surface area contributed by atoms with Crippen molar-refractivity contribution in [2.45, 2.75) is 32.4 Å². The number of nitrogens with one attached hydrogen (secondary N) is 1. The van der Waals surface area contributed by atoms with Gasteiger partial charge in [-0.25, -0.2) is 0 Å². The highest BCUT2D eigenvalue weighted by molar-refractivity contribution is 4.69. The molecular weight excluding hydrogens is 164 g/mol. The highest BCUT2D eigenvalue weighted by Gasteiger charge is 2.11. The van der Waals surface area contributed by atoms with Crippen LogP contribution in [0.25, 0.3) is 0 Å². The Bertz CT molecular complexity index is 119. The van der Waals surface area contributed by atoms with Gasteiger partial charge in [-0.15, -0.1) is 0 Å². The van der Waals surface area contributed by atoms with Crippen LogP contribution in [0.3, 0.4) is 0 Å². The predicted molar refractivity (Wildman–Crippen MR) is 57.1 cm³/mol. The van der Waals surface area contributed by atoms with E-state index in [0.717, 1.165) is 13.2 Å². The first-order chi connectivity index (χ1) is 6.11. The maximum absolute atomic E-state index is 5.04. The van der Waals surface area contributed by atoms with E-state index in [0.29, 0.717) is 12.1 Å². The Labute approximate surface area is 82.4 Å². The predicted octanol–water partition coefficient (Wildman–Crippen LogP) is 0.951. The van der Waals surface area contributed by atoms with Gasteiger partial charge in [-0.1, -0.05) is 0 Å². The van der Waals surface area contributed by atoms with Crippen LogP contribution in [-0.2, 0) is 4.74 Å². The summed E-state index contributed by atoms with van der Waals surface area (Å²) in [4.78, 5) is 2.33. The molecule has 0 aliphatic heterocycles. The maximum atomic E-state index is 5.04. The lowest BCUT2D eigenvalue weighted by molar-refractivity contribution is 0.137.